The number of ether oxygens (including phenoxy) is 1. The number of hydrogen-bond acceptors (Lipinski definition) is 3. The summed E-state index contributed by atoms with van der Waals surface area (Å²) >= 11 is 11.9. The number of carbonyl (C=O) groups excluding carboxylic acids is 2. The van der Waals surface area contributed by atoms with Crippen LogP contribution in [0.15, 0.2) is 42.5 Å². The van der Waals surface area contributed by atoms with Crippen LogP contribution in [0.4, 0.5) is 0 Å². The van der Waals surface area contributed by atoms with Crippen LogP contribution < -0.4 is 15.4 Å². The summed E-state index contributed by atoms with van der Waals surface area (Å²) in [7, 11) is 0. The van der Waals surface area contributed by atoms with E-state index in [1.807, 2.05) is 24.3 Å². The second-order valence-electron chi connectivity index (χ2n) is 5.97. The van der Waals surface area contributed by atoms with E-state index >= 15 is 0 Å². The van der Waals surface area contributed by atoms with Gasteiger partial charge in [-0.05, 0) is 43.2 Å². The van der Waals surface area contributed by atoms with Crippen LogP contribution in [0.5, 0.6) is 5.75 Å². The lowest BCUT2D eigenvalue weighted by Crippen LogP contribution is -2.45. The fourth-order valence-electron chi connectivity index (χ4n) is 2.38. The molecule has 0 spiro atoms. The third-order valence-corrected chi connectivity index (χ3v) is 4.71. The summed E-state index contributed by atoms with van der Waals surface area (Å²) in [5, 5.41) is 5.84. The highest BCUT2D eigenvalue weighted by molar-refractivity contribution is 6.43. The summed E-state index contributed by atoms with van der Waals surface area (Å²) in [5.74, 6) is 2.35. The van der Waals surface area contributed by atoms with Gasteiger partial charge in [0.2, 0.25) is 5.91 Å². The van der Waals surface area contributed by atoms with E-state index in [9.17, 15) is 9.59 Å². The van der Waals surface area contributed by atoms with Crippen LogP contribution in [0.2, 0.25) is 10.0 Å². The molecule has 1 unspecified atom stereocenters. The van der Waals surface area contributed by atoms with E-state index in [4.69, 9.17) is 34.4 Å². The van der Waals surface area contributed by atoms with E-state index in [1.54, 1.807) is 25.1 Å². The van der Waals surface area contributed by atoms with Gasteiger partial charge in [0, 0.05) is 6.54 Å². The van der Waals surface area contributed by atoms with Crippen LogP contribution in [0.1, 0.15) is 22.8 Å². The minimum absolute atomic E-state index is 0.156. The van der Waals surface area contributed by atoms with E-state index in [0.29, 0.717) is 18.7 Å². The Morgan fingerprint density at radius 1 is 1.18 bits per heavy atom. The van der Waals surface area contributed by atoms with Crippen molar-refractivity contribution in [2.75, 3.05) is 13.2 Å². The lowest BCUT2D eigenvalue weighted by atomic mass is 10.1. The summed E-state index contributed by atoms with van der Waals surface area (Å²) in [6, 6.07) is 11.5. The zero-order chi connectivity index (χ0) is 20.5. The molecule has 0 aliphatic carbocycles. The summed E-state index contributed by atoms with van der Waals surface area (Å²) < 4.78 is 5.31. The van der Waals surface area contributed by atoms with E-state index in [0.717, 1.165) is 5.56 Å². The van der Waals surface area contributed by atoms with Crippen molar-refractivity contribution in [1.29, 1.82) is 0 Å². The maximum Gasteiger partial charge on any atom is 0.253 e. The molecule has 0 aliphatic heterocycles. The van der Waals surface area contributed by atoms with Crippen LogP contribution in [0, 0.1) is 12.3 Å². The Morgan fingerprint density at radius 2 is 1.89 bits per heavy atom. The molecular weight excluding hydrogens is 399 g/mol. The van der Waals surface area contributed by atoms with Gasteiger partial charge >= 0.3 is 0 Å². The van der Waals surface area contributed by atoms with Gasteiger partial charge in [-0.25, -0.2) is 0 Å². The minimum Gasteiger partial charge on any atom is -0.481 e. The van der Waals surface area contributed by atoms with Gasteiger partial charge in [0.15, 0.2) is 0 Å². The molecule has 0 bridgehead atoms. The van der Waals surface area contributed by atoms with Gasteiger partial charge in [-0.2, -0.15) is 0 Å². The van der Waals surface area contributed by atoms with Gasteiger partial charge in [0.25, 0.3) is 5.91 Å². The number of hydrogen-bond donors (Lipinski definition) is 2. The number of benzene rings is 2. The molecule has 0 aliphatic rings. The van der Waals surface area contributed by atoms with Gasteiger partial charge in [-0.15, -0.1) is 6.42 Å². The van der Waals surface area contributed by atoms with Gasteiger partial charge in [0.05, 0.1) is 15.6 Å². The number of nitrogens with one attached hydrogen (secondary N) is 2. The molecule has 2 rings (SSSR count). The van der Waals surface area contributed by atoms with Crippen molar-refractivity contribution in [3.8, 4) is 18.1 Å². The van der Waals surface area contributed by atoms with Gasteiger partial charge in [0.1, 0.15) is 18.4 Å². The first kappa shape index (κ1) is 21.6. The molecule has 2 N–H and O–H groups in total. The largest absolute Gasteiger partial charge is 0.481 e. The molecule has 0 saturated carbocycles. The first-order valence-corrected chi connectivity index (χ1v) is 9.35. The third kappa shape index (κ3) is 6.19. The number of amides is 2. The van der Waals surface area contributed by atoms with Gasteiger partial charge in [-0.1, -0.05) is 47.3 Å². The number of rotatable bonds is 8. The third-order valence-electron chi connectivity index (χ3n) is 3.90. The molecule has 7 heteroatoms. The average Bonchev–Trinajstić information content (AvgIpc) is 2.69. The summed E-state index contributed by atoms with van der Waals surface area (Å²) in [5.41, 5.74) is 1.26. The summed E-state index contributed by atoms with van der Waals surface area (Å²) in [6.07, 6.45) is 5.79. The molecule has 0 aromatic heterocycles. The lowest BCUT2D eigenvalue weighted by Gasteiger charge is -2.15. The number of carbonyl (C=O) groups is 2. The van der Waals surface area contributed by atoms with E-state index in [1.165, 1.54) is 0 Å². The van der Waals surface area contributed by atoms with Crippen molar-refractivity contribution in [3.63, 3.8) is 0 Å². The topological polar surface area (TPSA) is 67.4 Å². The molecule has 0 saturated heterocycles. The Bertz CT molecular complexity index is 876. The lowest BCUT2D eigenvalue weighted by molar-refractivity contribution is -0.122. The van der Waals surface area contributed by atoms with E-state index < -0.39 is 11.9 Å². The molecule has 2 aromatic rings. The average molecular weight is 419 g/mol. The Kier molecular flexibility index (Phi) is 8.19. The molecule has 5 nitrogen and oxygen atoms in total. The first-order valence-electron chi connectivity index (χ1n) is 8.60. The molecule has 146 valence electrons. The van der Waals surface area contributed by atoms with Crippen LogP contribution in [0.3, 0.4) is 0 Å². The van der Waals surface area contributed by atoms with Crippen molar-refractivity contribution >= 4 is 35.0 Å². The maximum atomic E-state index is 12.3. The first-order chi connectivity index (χ1) is 13.4. The molecule has 28 heavy (non-hydrogen) atoms. The van der Waals surface area contributed by atoms with Crippen LogP contribution in [-0.2, 0) is 11.2 Å². The zero-order valence-corrected chi connectivity index (χ0v) is 16.8. The predicted octanol–water partition coefficient (Wildman–Crippen LogP) is 3.48. The number of halogens is 2. The second kappa shape index (κ2) is 10.6. The number of terminal acetylenes is 1. The van der Waals surface area contributed by atoms with E-state index in [-0.39, 0.29) is 28.1 Å². The summed E-state index contributed by atoms with van der Waals surface area (Å²) in [6.45, 7) is 2.25. The quantitative estimate of drug-likeness (QED) is 0.644. The maximum absolute atomic E-state index is 12.3. The van der Waals surface area contributed by atoms with Crippen molar-refractivity contribution in [3.05, 3.63) is 63.6 Å². The fourth-order valence-corrected chi connectivity index (χ4v) is 2.77. The molecule has 0 fully saturated rings. The predicted molar refractivity (Wildman–Crippen MR) is 111 cm³/mol. The van der Waals surface area contributed by atoms with Crippen LogP contribution in [0.25, 0.3) is 0 Å². The molecule has 2 amide bonds. The molecule has 0 radical (unpaired) electrons. The molecule has 1 atom stereocenters. The van der Waals surface area contributed by atoms with E-state index in [2.05, 4.69) is 16.6 Å². The zero-order valence-electron chi connectivity index (χ0n) is 15.3. The SMILES string of the molecule is C#CCOc1ccc(CCNC(=O)C(C)NC(=O)c2cccc(Cl)c2Cl)cc1. The van der Waals surface area contributed by atoms with Crippen LogP contribution in [-0.4, -0.2) is 31.0 Å². The smallest absolute Gasteiger partial charge is 0.253 e. The minimum atomic E-state index is -0.720. The van der Waals surface area contributed by atoms with Gasteiger partial charge in [-0.3, -0.25) is 9.59 Å². The highest BCUT2D eigenvalue weighted by Gasteiger charge is 2.18. The Hall–Kier alpha value is -2.68. The summed E-state index contributed by atoms with van der Waals surface area (Å²) in [4.78, 5) is 24.5. The monoisotopic (exact) mass is 418 g/mol. The van der Waals surface area contributed by atoms with Crippen molar-refractivity contribution in [1.82, 2.24) is 10.6 Å². The highest BCUT2D eigenvalue weighted by Crippen LogP contribution is 2.25. The van der Waals surface area contributed by atoms with Crippen molar-refractivity contribution in [2.24, 2.45) is 0 Å². The normalized spacial score (nSPS) is 11.2. The standard InChI is InChI=1S/C21H20Cl2N2O3/c1-3-13-28-16-9-7-15(8-10-16)11-12-24-20(26)14(2)25-21(27)17-5-4-6-18(22)19(17)23/h1,4-10,14H,11-13H2,2H3,(H,24,26)(H,25,27). The molecular formula is C21H20Cl2N2O3. The highest BCUT2D eigenvalue weighted by atomic mass is 35.5. The molecule has 2 aromatic carbocycles. The Balaban J connectivity index is 1.80. The second-order valence-corrected chi connectivity index (χ2v) is 6.76. The van der Waals surface area contributed by atoms with Crippen LogP contribution >= 0.6 is 23.2 Å². The Morgan fingerprint density at radius 3 is 2.57 bits per heavy atom. The Labute approximate surface area is 174 Å². The van der Waals surface area contributed by atoms with Crippen molar-refractivity contribution < 1.29 is 14.3 Å². The molecule has 0 heterocycles. The van der Waals surface area contributed by atoms with Gasteiger partial charge < -0.3 is 15.4 Å². The van der Waals surface area contributed by atoms with Crippen molar-refractivity contribution in [2.45, 2.75) is 19.4 Å². The fraction of sp³-hybridized carbons (Fsp3) is 0.238.